The van der Waals surface area contributed by atoms with Gasteiger partial charge >= 0.3 is 11.8 Å². The normalized spacial score (nSPS) is 15.1. The van der Waals surface area contributed by atoms with E-state index < -0.39 is 5.91 Å². The molecule has 0 aliphatic carbocycles. The van der Waals surface area contributed by atoms with Gasteiger partial charge in [0, 0.05) is 25.3 Å². The zero-order valence-electron chi connectivity index (χ0n) is 11.3. The number of piperidine rings is 1. The first-order valence-electron chi connectivity index (χ1n) is 6.90. The molecule has 4 nitrogen and oxygen atoms in total. The van der Waals surface area contributed by atoms with Crippen molar-refractivity contribution in [1.82, 2.24) is 4.90 Å². The van der Waals surface area contributed by atoms with Crippen LogP contribution in [0.2, 0.25) is 0 Å². The van der Waals surface area contributed by atoms with Gasteiger partial charge in [0.1, 0.15) is 0 Å². The third-order valence-electron chi connectivity index (χ3n) is 3.46. The molecule has 0 atom stereocenters. The first-order valence-corrected chi connectivity index (χ1v) is 6.90. The topological polar surface area (TPSA) is 40.6 Å². The number of hydrogen-bond acceptors (Lipinski definition) is 2. The largest absolute Gasteiger partial charge is 0.334 e. The lowest BCUT2D eigenvalue weighted by atomic mass is 10.1. The van der Waals surface area contributed by atoms with E-state index in [4.69, 9.17) is 0 Å². The van der Waals surface area contributed by atoms with Crippen LogP contribution in [-0.4, -0.2) is 36.3 Å². The molecule has 1 aliphatic rings. The van der Waals surface area contributed by atoms with Gasteiger partial charge in [0.15, 0.2) is 0 Å². The van der Waals surface area contributed by atoms with Crippen molar-refractivity contribution in [2.45, 2.75) is 26.2 Å². The fourth-order valence-electron chi connectivity index (χ4n) is 2.40. The molecule has 0 N–H and O–H groups in total. The highest BCUT2D eigenvalue weighted by Crippen LogP contribution is 2.15. The highest BCUT2D eigenvalue weighted by Gasteiger charge is 2.27. The maximum absolute atomic E-state index is 12.3. The van der Waals surface area contributed by atoms with E-state index in [2.05, 4.69) is 0 Å². The minimum absolute atomic E-state index is 0.370. The molecule has 2 amide bonds. The number of hydrogen-bond donors (Lipinski definition) is 0. The van der Waals surface area contributed by atoms with Crippen LogP contribution in [0.15, 0.2) is 30.3 Å². The monoisotopic (exact) mass is 260 g/mol. The summed E-state index contributed by atoms with van der Waals surface area (Å²) < 4.78 is 0. The number of rotatable bonds is 2. The number of carbonyl (C=O) groups excluding carboxylic acids is 2. The van der Waals surface area contributed by atoms with E-state index in [1.54, 1.807) is 4.90 Å². The Morgan fingerprint density at radius 2 is 1.74 bits per heavy atom. The number of nitrogens with zero attached hydrogens (tertiary/aromatic N) is 2. The summed E-state index contributed by atoms with van der Waals surface area (Å²) in [5, 5.41) is 0. The van der Waals surface area contributed by atoms with E-state index in [1.807, 2.05) is 37.3 Å². The minimum Gasteiger partial charge on any atom is -0.334 e. The summed E-state index contributed by atoms with van der Waals surface area (Å²) in [7, 11) is 0. The Morgan fingerprint density at radius 3 is 2.32 bits per heavy atom. The third-order valence-corrected chi connectivity index (χ3v) is 3.46. The van der Waals surface area contributed by atoms with Crippen LogP contribution in [0.3, 0.4) is 0 Å². The summed E-state index contributed by atoms with van der Waals surface area (Å²) in [6.07, 6.45) is 3.14. The first kappa shape index (κ1) is 13.6. The highest BCUT2D eigenvalue weighted by atomic mass is 16.2. The maximum atomic E-state index is 12.3. The van der Waals surface area contributed by atoms with Crippen LogP contribution >= 0.6 is 0 Å². The average Bonchev–Trinajstić information content (AvgIpc) is 2.49. The molecule has 0 bridgehead atoms. The van der Waals surface area contributed by atoms with Crippen LogP contribution in [0.25, 0.3) is 0 Å². The Morgan fingerprint density at radius 1 is 1.11 bits per heavy atom. The number of benzene rings is 1. The quantitative estimate of drug-likeness (QED) is 0.764. The molecule has 0 spiro atoms. The second kappa shape index (κ2) is 6.36. The summed E-state index contributed by atoms with van der Waals surface area (Å²) in [6, 6.07) is 9.34. The molecule has 2 rings (SSSR count). The van der Waals surface area contributed by atoms with Crippen LogP contribution in [0.5, 0.6) is 0 Å². The number of anilines is 1. The summed E-state index contributed by atoms with van der Waals surface area (Å²) in [6.45, 7) is 3.80. The Bertz CT molecular complexity index is 439. The van der Waals surface area contributed by atoms with Gasteiger partial charge < -0.3 is 9.80 Å². The van der Waals surface area contributed by atoms with Crippen molar-refractivity contribution in [3.8, 4) is 0 Å². The number of para-hydroxylation sites is 1. The van der Waals surface area contributed by atoms with Crippen molar-refractivity contribution in [3.05, 3.63) is 30.3 Å². The lowest BCUT2D eigenvalue weighted by Crippen LogP contribution is -2.47. The molecule has 1 aliphatic heterocycles. The maximum Gasteiger partial charge on any atom is 0.316 e. The van der Waals surface area contributed by atoms with Gasteiger partial charge in [-0.1, -0.05) is 18.2 Å². The first-order chi connectivity index (χ1) is 9.24. The van der Waals surface area contributed by atoms with E-state index in [0.29, 0.717) is 19.6 Å². The second-order valence-electron chi connectivity index (χ2n) is 4.74. The number of likely N-dealkylation sites (N-methyl/N-ethyl adjacent to an activating group) is 1. The third kappa shape index (κ3) is 3.13. The molecular weight excluding hydrogens is 240 g/mol. The second-order valence-corrected chi connectivity index (χ2v) is 4.74. The summed E-state index contributed by atoms with van der Waals surface area (Å²) in [4.78, 5) is 27.7. The van der Waals surface area contributed by atoms with Crippen LogP contribution < -0.4 is 4.90 Å². The fraction of sp³-hybridized carbons (Fsp3) is 0.467. The smallest absolute Gasteiger partial charge is 0.316 e. The number of carbonyl (C=O) groups is 2. The van der Waals surface area contributed by atoms with Gasteiger partial charge in [0.25, 0.3) is 0 Å². The van der Waals surface area contributed by atoms with Crippen molar-refractivity contribution in [2.24, 2.45) is 0 Å². The van der Waals surface area contributed by atoms with Crippen LogP contribution in [0.4, 0.5) is 5.69 Å². The van der Waals surface area contributed by atoms with E-state index in [1.165, 1.54) is 4.90 Å². The molecule has 1 saturated heterocycles. The van der Waals surface area contributed by atoms with Crippen LogP contribution in [0.1, 0.15) is 26.2 Å². The van der Waals surface area contributed by atoms with Crippen molar-refractivity contribution >= 4 is 17.5 Å². The Labute approximate surface area is 114 Å². The van der Waals surface area contributed by atoms with Crippen molar-refractivity contribution in [3.63, 3.8) is 0 Å². The minimum atomic E-state index is -0.421. The molecule has 19 heavy (non-hydrogen) atoms. The summed E-state index contributed by atoms with van der Waals surface area (Å²) >= 11 is 0. The predicted octanol–water partition coefficient (Wildman–Crippen LogP) is 2.05. The van der Waals surface area contributed by atoms with Crippen LogP contribution in [0, 0.1) is 0 Å². The average molecular weight is 260 g/mol. The van der Waals surface area contributed by atoms with Gasteiger partial charge in [-0.25, -0.2) is 0 Å². The molecular formula is C15H20N2O2. The van der Waals surface area contributed by atoms with E-state index >= 15 is 0 Å². The van der Waals surface area contributed by atoms with Gasteiger partial charge in [-0.15, -0.1) is 0 Å². The van der Waals surface area contributed by atoms with E-state index in [9.17, 15) is 9.59 Å². The highest BCUT2D eigenvalue weighted by molar-refractivity contribution is 6.40. The Balaban J connectivity index is 2.10. The predicted molar refractivity (Wildman–Crippen MR) is 74.9 cm³/mol. The zero-order valence-corrected chi connectivity index (χ0v) is 11.3. The van der Waals surface area contributed by atoms with Crippen LogP contribution in [-0.2, 0) is 9.59 Å². The van der Waals surface area contributed by atoms with Crippen molar-refractivity contribution < 1.29 is 9.59 Å². The Hall–Kier alpha value is -1.84. The van der Waals surface area contributed by atoms with Crippen molar-refractivity contribution in [2.75, 3.05) is 24.5 Å². The zero-order chi connectivity index (χ0) is 13.7. The molecule has 1 aromatic carbocycles. The molecule has 102 valence electrons. The lowest BCUT2D eigenvalue weighted by Gasteiger charge is -2.29. The molecule has 1 heterocycles. The SMILES string of the molecule is CCN(C(=O)C(=O)N1CCCCC1)c1ccccc1. The van der Waals surface area contributed by atoms with Gasteiger partial charge in [0.05, 0.1) is 0 Å². The Kier molecular flexibility index (Phi) is 4.55. The molecule has 0 radical (unpaired) electrons. The van der Waals surface area contributed by atoms with Gasteiger partial charge in [0.2, 0.25) is 0 Å². The van der Waals surface area contributed by atoms with Gasteiger partial charge in [-0.3, -0.25) is 9.59 Å². The summed E-state index contributed by atoms with van der Waals surface area (Å²) in [5.41, 5.74) is 0.778. The van der Waals surface area contributed by atoms with Gasteiger partial charge in [-0.2, -0.15) is 0 Å². The fourth-order valence-corrected chi connectivity index (χ4v) is 2.40. The number of likely N-dealkylation sites (tertiary alicyclic amines) is 1. The standard InChI is InChI=1S/C15H20N2O2/c1-2-17(13-9-5-3-6-10-13)15(19)14(18)16-11-7-4-8-12-16/h3,5-6,9-10H,2,4,7-8,11-12H2,1H3. The van der Waals surface area contributed by atoms with Crippen molar-refractivity contribution in [1.29, 1.82) is 0 Å². The van der Waals surface area contributed by atoms with Gasteiger partial charge in [-0.05, 0) is 38.3 Å². The molecule has 4 heteroatoms. The number of amides is 2. The molecule has 0 aromatic heterocycles. The summed E-state index contributed by atoms with van der Waals surface area (Å²) in [5.74, 6) is -0.791. The lowest BCUT2D eigenvalue weighted by molar-refractivity contribution is -0.145. The molecule has 1 fully saturated rings. The molecule has 1 aromatic rings. The van der Waals surface area contributed by atoms with E-state index in [-0.39, 0.29) is 5.91 Å². The molecule has 0 saturated carbocycles. The molecule has 0 unspecified atom stereocenters. The van der Waals surface area contributed by atoms with E-state index in [0.717, 1.165) is 24.9 Å².